The van der Waals surface area contributed by atoms with Gasteiger partial charge in [0.1, 0.15) is 0 Å². The van der Waals surface area contributed by atoms with Crippen LogP contribution in [0.5, 0.6) is 0 Å². The van der Waals surface area contributed by atoms with Gasteiger partial charge in [0.15, 0.2) is 0 Å². The second-order valence-corrected chi connectivity index (χ2v) is 4.00. The first-order valence-corrected chi connectivity index (χ1v) is 5.39. The molecule has 68 valence electrons. The predicted molar refractivity (Wildman–Crippen MR) is 52.2 cm³/mol. The van der Waals surface area contributed by atoms with Crippen LogP contribution in [0, 0.1) is 0 Å². The number of aliphatic hydroxyl groups is 1. The summed E-state index contributed by atoms with van der Waals surface area (Å²) < 4.78 is 0. The molecule has 0 aromatic carbocycles. The molecule has 0 aliphatic heterocycles. The minimum Gasteiger partial charge on any atom is -0.392 e. The summed E-state index contributed by atoms with van der Waals surface area (Å²) in [7, 11) is 0. The second-order valence-electron chi connectivity index (χ2n) is 2.60. The number of nitrogens with one attached hydrogen (secondary N) is 1. The molecule has 0 radical (unpaired) electrons. The molecule has 1 atom stereocenters. The van der Waals surface area contributed by atoms with E-state index < -0.39 is 0 Å². The molecule has 11 heavy (non-hydrogen) atoms. The van der Waals surface area contributed by atoms with Gasteiger partial charge in [0.05, 0.1) is 6.10 Å². The first-order valence-electron chi connectivity index (χ1n) is 4.24. The molecule has 0 bridgehead atoms. The van der Waals surface area contributed by atoms with Gasteiger partial charge in [0, 0.05) is 6.54 Å². The highest BCUT2D eigenvalue weighted by Gasteiger charge is 1.92. The highest BCUT2D eigenvalue weighted by Crippen LogP contribution is 1.99. The van der Waals surface area contributed by atoms with Crippen LogP contribution in [0.15, 0.2) is 0 Å². The number of aliphatic hydroxyl groups excluding tert-OH is 1. The Hall–Kier alpha value is 0.270. The van der Waals surface area contributed by atoms with E-state index in [0.29, 0.717) is 0 Å². The Morgan fingerprint density at radius 2 is 2.27 bits per heavy atom. The number of hydrogen-bond acceptors (Lipinski definition) is 3. The average molecular weight is 177 g/mol. The molecular formula is C8H19NOS. The largest absolute Gasteiger partial charge is 0.392 e. The van der Waals surface area contributed by atoms with Crippen molar-refractivity contribution < 1.29 is 5.11 Å². The lowest BCUT2D eigenvalue weighted by Crippen LogP contribution is -2.25. The Bertz CT molecular complexity index is 78.5. The molecule has 0 aromatic rings. The number of hydrogen-bond donors (Lipinski definition) is 2. The molecule has 0 spiro atoms. The second kappa shape index (κ2) is 8.37. The third kappa shape index (κ3) is 10.3. The number of rotatable bonds is 7. The topological polar surface area (TPSA) is 32.3 Å². The first-order chi connectivity index (χ1) is 5.27. The van der Waals surface area contributed by atoms with E-state index in [1.54, 1.807) is 6.92 Å². The highest BCUT2D eigenvalue weighted by atomic mass is 32.2. The molecule has 0 aliphatic carbocycles. The summed E-state index contributed by atoms with van der Waals surface area (Å²) in [5, 5.41) is 12.1. The lowest BCUT2D eigenvalue weighted by atomic mass is 10.4. The molecule has 0 heterocycles. The van der Waals surface area contributed by atoms with Crippen LogP contribution in [0.3, 0.4) is 0 Å². The van der Waals surface area contributed by atoms with E-state index in [-0.39, 0.29) is 6.10 Å². The van der Waals surface area contributed by atoms with Gasteiger partial charge < -0.3 is 10.4 Å². The summed E-state index contributed by atoms with van der Waals surface area (Å²) in [5.41, 5.74) is 0. The third-order valence-corrected chi connectivity index (χ3v) is 2.27. The molecule has 2 nitrogen and oxygen atoms in total. The van der Waals surface area contributed by atoms with E-state index in [2.05, 4.69) is 12.2 Å². The summed E-state index contributed by atoms with van der Waals surface area (Å²) >= 11 is 1.96. The maximum Gasteiger partial charge on any atom is 0.0636 e. The predicted octanol–water partition coefficient (Wildman–Crippen LogP) is 1.10. The standard InChI is InChI=1S/C8H19NOS/c1-3-11-6-4-5-9-7-8(2)10/h8-10H,3-7H2,1-2H3/t8-/m1/s1. The molecule has 0 rings (SSSR count). The molecule has 0 aromatic heterocycles. The van der Waals surface area contributed by atoms with Crippen LogP contribution >= 0.6 is 11.8 Å². The maximum atomic E-state index is 8.89. The van der Waals surface area contributed by atoms with E-state index in [0.717, 1.165) is 13.1 Å². The van der Waals surface area contributed by atoms with Crippen molar-refractivity contribution in [2.75, 3.05) is 24.6 Å². The van der Waals surface area contributed by atoms with E-state index in [4.69, 9.17) is 5.11 Å². The fraction of sp³-hybridized carbons (Fsp3) is 1.00. The van der Waals surface area contributed by atoms with E-state index >= 15 is 0 Å². The van der Waals surface area contributed by atoms with Crippen LogP contribution in [0.25, 0.3) is 0 Å². The third-order valence-electron chi connectivity index (χ3n) is 1.29. The highest BCUT2D eigenvalue weighted by molar-refractivity contribution is 7.99. The van der Waals surface area contributed by atoms with Crippen LogP contribution in [0.4, 0.5) is 0 Å². The quantitative estimate of drug-likeness (QED) is 0.571. The van der Waals surface area contributed by atoms with Crippen molar-refractivity contribution in [2.24, 2.45) is 0 Å². The van der Waals surface area contributed by atoms with Crippen molar-refractivity contribution in [3.05, 3.63) is 0 Å². The Balaban J connectivity index is 2.80. The SMILES string of the molecule is CCSCCCNC[C@@H](C)O. The zero-order valence-electron chi connectivity index (χ0n) is 7.47. The van der Waals surface area contributed by atoms with Crippen molar-refractivity contribution in [1.82, 2.24) is 5.32 Å². The Kier molecular flexibility index (Phi) is 8.57. The first kappa shape index (κ1) is 11.3. The van der Waals surface area contributed by atoms with Crippen molar-refractivity contribution in [3.8, 4) is 0 Å². The van der Waals surface area contributed by atoms with Gasteiger partial charge in [-0.15, -0.1) is 0 Å². The summed E-state index contributed by atoms with van der Waals surface area (Å²) in [6.45, 7) is 5.72. The molecule has 0 saturated carbocycles. The van der Waals surface area contributed by atoms with Crippen LogP contribution in [-0.4, -0.2) is 35.8 Å². The molecule has 0 fully saturated rings. The number of thioether (sulfide) groups is 1. The molecule has 0 amide bonds. The van der Waals surface area contributed by atoms with Crippen molar-refractivity contribution in [1.29, 1.82) is 0 Å². The molecule has 0 unspecified atom stereocenters. The molecule has 0 aliphatic rings. The van der Waals surface area contributed by atoms with Gasteiger partial charge in [-0.1, -0.05) is 6.92 Å². The van der Waals surface area contributed by atoms with Crippen molar-refractivity contribution in [3.63, 3.8) is 0 Å². The lowest BCUT2D eigenvalue weighted by molar-refractivity contribution is 0.191. The lowest BCUT2D eigenvalue weighted by Gasteiger charge is -2.05. The fourth-order valence-electron chi connectivity index (χ4n) is 0.755. The van der Waals surface area contributed by atoms with E-state index in [1.807, 2.05) is 11.8 Å². The summed E-state index contributed by atoms with van der Waals surface area (Å²) in [5.74, 6) is 2.43. The van der Waals surface area contributed by atoms with Crippen LogP contribution < -0.4 is 5.32 Å². The van der Waals surface area contributed by atoms with Crippen LogP contribution in [-0.2, 0) is 0 Å². The molecule has 2 N–H and O–H groups in total. The molecule has 0 saturated heterocycles. The van der Waals surface area contributed by atoms with Gasteiger partial charge in [-0.05, 0) is 31.4 Å². The Labute approximate surface area is 73.8 Å². The van der Waals surface area contributed by atoms with Gasteiger partial charge >= 0.3 is 0 Å². The summed E-state index contributed by atoms with van der Waals surface area (Å²) in [4.78, 5) is 0. The summed E-state index contributed by atoms with van der Waals surface area (Å²) in [6.07, 6.45) is 0.986. The van der Waals surface area contributed by atoms with Gasteiger partial charge in [-0.25, -0.2) is 0 Å². The smallest absolute Gasteiger partial charge is 0.0636 e. The Morgan fingerprint density at radius 3 is 2.82 bits per heavy atom. The van der Waals surface area contributed by atoms with Crippen molar-refractivity contribution >= 4 is 11.8 Å². The van der Waals surface area contributed by atoms with Gasteiger partial charge in [0.25, 0.3) is 0 Å². The minimum absolute atomic E-state index is 0.214. The zero-order valence-corrected chi connectivity index (χ0v) is 8.28. The van der Waals surface area contributed by atoms with Gasteiger partial charge in [-0.3, -0.25) is 0 Å². The van der Waals surface area contributed by atoms with Crippen LogP contribution in [0.2, 0.25) is 0 Å². The Morgan fingerprint density at radius 1 is 1.55 bits per heavy atom. The normalized spacial score (nSPS) is 13.4. The zero-order chi connectivity index (χ0) is 8.53. The monoisotopic (exact) mass is 177 g/mol. The molecule has 3 heteroatoms. The summed E-state index contributed by atoms with van der Waals surface area (Å²) in [6, 6.07) is 0. The van der Waals surface area contributed by atoms with E-state index in [1.165, 1.54) is 17.9 Å². The minimum atomic E-state index is -0.214. The van der Waals surface area contributed by atoms with Crippen LogP contribution in [0.1, 0.15) is 20.3 Å². The van der Waals surface area contributed by atoms with Crippen molar-refractivity contribution in [2.45, 2.75) is 26.4 Å². The van der Waals surface area contributed by atoms with Gasteiger partial charge in [-0.2, -0.15) is 11.8 Å². The maximum absolute atomic E-state index is 8.89. The van der Waals surface area contributed by atoms with Gasteiger partial charge in [0.2, 0.25) is 0 Å². The molecular weight excluding hydrogens is 158 g/mol. The van der Waals surface area contributed by atoms with E-state index in [9.17, 15) is 0 Å². The fourth-order valence-corrected chi connectivity index (χ4v) is 1.39. The average Bonchev–Trinajstić information content (AvgIpc) is 1.96.